The molecule has 0 aliphatic rings. The van der Waals surface area contributed by atoms with Crippen molar-refractivity contribution in [2.24, 2.45) is 0 Å². The summed E-state index contributed by atoms with van der Waals surface area (Å²) >= 11 is 0. The number of benzene rings is 1. The number of aliphatic hydroxyl groups is 1. The molecule has 0 saturated heterocycles. The van der Waals surface area contributed by atoms with Crippen molar-refractivity contribution in [3.63, 3.8) is 0 Å². The summed E-state index contributed by atoms with van der Waals surface area (Å²) < 4.78 is 0. The van der Waals surface area contributed by atoms with E-state index in [0.717, 1.165) is 12.0 Å². The van der Waals surface area contributed by atoms with Crippen LogP contribution in [0.4, 0.5) is 0 Å². The smallest absolute Gasteiger partial charge is 0.121 e. The van der Waals surface area contributed by atoms with Crippen molar-refractivity contribution in [2.45, 2.75) is 38.8 Å². The highest BCUT2D eigenvalue weighted by Gasteiger charge is 2.21. The number of hydrogen-bond donors (Lipinski definition) is 2. The summed E-state index contributed by atoms with van der Waals surface area (Å²) in [5.41, 5.74) is 1.74. The summed E-state index contributed by atoms with van der Waals surface area (Å²) in [4.78, 5) is 0. The third kappa shape index (κ3) is 3.85. The molecule has 3 nitrogen and oxygen atoms in total. The van der Waals surface area contributed by atoms with E-state index in [-0.39, 0.29) is 12.6 Å². The molecule has 1 aromatic carbocycles. The minimum atomic E-state index is -0.455. The van der Waals surface area contributed by atoms with Crippen molar-refractivity contribution < 1.29 is 5.11 Å². The zero-order valence-electron chi connectivity index (χ0n) is 10.7. The molecule has 3 heteroatoms. The van der Waals surface area contributed by atoms with Gasteiger partial charge in [0.1, 0.15) is 6.04 Å². The monoisotopic (exact) mass is 232 g/mol. The van der Waals surface area contributed by atoms with Crippen LogP contribution in [0, 0.1) is 11.3 Å². The number of aliphatic hydroxyl groups excluding tert-OH is 1. The maximum atomic E-state index is 9.20. The van der Waals surface area contributed by atoms with Gasteiger partial charge in [-0.1, -0.05) is 31.2 Å². The lowest BCUT2D eigenvalue weighted by atomic mass is 10.0. The van der Waals surface area contributed by atoms with Crippen LogP contribution in [0.1, 0.15) is 37.9 Å². The summed E-state index contributed by atoms with van der Waals surface area (Å²) in [6.07, 6.45) is 0.993. The molecule has 0 aromatic heterocycles. The predicted octanol–water partition coefficient (Wildman–Crippen LogP) is 2.17. The molecule has 0 radical (unpaired) electrons. The van der Waals surface area contributed by atoms with Gasteiger partial charge >= 0.3 is 0 Å². The van der Waals surface area contributed by atoms with Crippen LogP contribution in [0.3, 0.4) is 0 Å². The average Bonchev–Trinajstić information content (AvgIpc) is 2.36. The Morgan fingerprint density at radius 2 is 1.94 bits per heavy atom. The van der Waals surface area contributed by atoms with E-state index < -0.39 is 5.54 Å². The molecule has 0 fully saturated rings. The van der Waals surface area contributed by atoms with Gasteiger partial charge in [0.25, 0.3) is 0 Å². The molecule has 0 amide bonds. The van der Waals surface area contributed by atoms with Crippen molar-refractivity contribution in [1.29, 1.82) is 5.26 Å². The molecule has 92 valence electrons. The second-order valence-electron chi connectivity index (χ2n) is 4.84. The Balaban J connectivity index is 2.84. The van der Waals surface area contributed by atoms with E-state index in [1.165, 1.54) is 5.56 Å². The summed E-state index contributed by atoms with van der Waals surface area (Å²) in [5.74, 6) is 0. The van der Waals surface area contributed by atoms with Crippen LogP contribution in [-0.2, 0) is 6.42 Å². The van der Waals surface area contributed by atoms with Gasteiger partial charge < -0.3 is 5.11 Å². The van der Waals surface area contributed by atoms with Gasteiger partial charge in [-0.15, -0.1) is 0 Å². The topological polar surface area (TPSA) is 56.0 Å². The van der Waals surface area contributed by atoms with Crippen molar-refractivity contribution in [1.82, 2.24) is 5.32 Å². The van der Waals surface area contributed by atoms with E-state index in [4.69, 9.17) is 0 Å². The van der Waals surface area contributed by atoms with Crippen LogP contribution in [0.15, 0.2) is 24.3 Å². The number of nitriles is 1. The van der Waals surface area contributed by atoms with E-state index in [2.05, 4.69) is 18.3 Å². The standard InChI is InChI=1S/C14H20N2O/c1-4-11-5-7-12(8-6-11)13(9-15)16-14(2,3)10-17/h5-8,13,16-17H,4,10H2,1-3H3. The first-order valence-electron chi connectivity index (χ1n) is 5.89. The maximum absolute atomic E-state index is 9.20. The van der Waals surface area contributed by atoms with Gasteiger partial charge in [0.2, 0.25) is 0 Å². The minimum absolute atomic E-state index is 0.00176. The SMILES string of the molecule is CCc1ccc(C(C#N)NC(C)(C)CO)cc1. The molecule has 0 bridgehead atoms. The molecule has 1 atom stereocenters. The zero-order chi connectivity index (χ0) is 12.9. The first kappa shape index (κ1) is 13.7. The molecular weight excluding hydrogens is 212 g/mol. The molecule has 2 N–H and O–H groups in total. The highest BCUT2D eigenvalue weighted by atomic mass is 16.3. The Hall–Kier alpha value is -1.37. The Morgan fingerprint density at radius 3 is 2.35 bits per heavy atom. The van der Waals surface area contributed by atoms with Gasteiger partial charge in [-0.05, 0) is 31.4 Å². The molecule has 0 spiro atoms. The largest absolute Gasteiger partial charge is 0.394 e. The molecule has 0 heterocycles. The van der Waals surface area contributed by atoms with Crippen LogP contribution in [-0.4, -0.2) is 17.3 Å². The number of nitrogens with zero attached hydrogens (tertiary/aromatic N) is 1. The van der Waals surface area contributed by atoms with E-state index in [0.29, 0.717) is 0 Å². The summed E-state index contributed by atoms with van der Waals surface area (Å²) in [6, 6.07) is 9.84. The van der Waals surface area contributed by atoms with Crippen molar-refractivity contribution in [3.05, 3.63) is 35.4 Å². The first-order chi connectivity index (χ1) is 8.02. The fourth-order valence-corrected chi connectivity index (χ4v) is 1.57. The van der Waals surface area contributed by atoms with Gasteiger partial charge in [-0.25, -0.2) is 0 Å². The van der Waals surface area contributed by atoms with Crippen LogP contribution in [0.25, 0.3) is 0 Å². The average molecular weight is 232 g/mol. The van der Waals surface area contributed by atoms with E-state index in [9.17, 15) is 10.4 Å². The second-order valence-corrected chi connectivity index (χ2v) is 4.84. The van der Waals surface area contributed by atoms with Crippen LogP contribution < -0.4 is 5.32 Å². The van der Waals surface area contributed by atoms with Crippen LogP contribution in [0.5, 0.6) is 0 Å². The van der Waals surface area contributed by atoms with E-state index in [1.807, 2.05) is 38.1 Å². The fourth-order valence-electron chi connectivity index (χ4n) is 1.57. The highest BCUT2D eigenvalue weighted by molar-refractivity contribution is 5.28. The van der Waals surface area contributed by atoms with Crippen molar-refractivity contribution in [3.8, 4) is 6.07 Å². The van der Waals surface area contributed by atoms with Crippen LogP contribution in [0.2, 0.25) is 0 Å². The Labute approximate surface area is 103 Å². The molecule has 1 aromatic rings. The highest BCUT2D eigenvalue weighted by Crippen LogP contribution is 2.17. The number of aryl methyl sites for hydroxylation is 1. The molecule has 0 aliphatic carbocycles. The number of nitrogens with one attached hydrogen (secondary N) is 1. The van der Waals surface area contributed by atoms with Crippen molar-refractivity contribution >= 4 is 0 Å². The van der Waals surface area contributed by atoms with Gasteiger partial charge in [0.15, 0.2) is 0 Å². The lowest BCUT2D eigenvalue weighted by Crippen LogP contribution is -2.44. The molecule has 1 unspecified atom stereocenters. The Kier molecular flexibility index (Phi) is 4.68. The van der Waals surface area contributed by atoms with Crippen LogP contribution >= 0.6 is 0 Å². The van der Waals surface area contributed by atoms with E-state index >= 15 is 0 Å². The van der Waals surface area contributed by atoms with Crippen molar-refractivity contribution in [2.75, 3.05) is 6.61 Å². The summed E-state index contributed by atoms with van der Waals surface area (Å²) in [7, 11) is 0. The maximum Gasteiger partial charge on any atom is 0.121 e. The lowest BCUT2D eigenvalue weighted by molar-refractivity contribution is 0.182. The Morgan fingerprint density at radius 1 is 1.35 bits per heavy atom. The van der Waals surface area contributed by atoms with Gasteiger partial charge in [0.05, 0.1) is 12.7 Å². The van der Waals surface area contributed by atoms with Gasteiger partial charge in [0, 0.05) is 5.54 Å². The number of hydrogen-bond acceptors (Lipinski definition) is 3. The molecular formula is C14H20N2O. The summed E-state index contributed by atoms with van der Waals surface area (Å²) in [6.45, 7) is 5.84. The van der Waals surface area contributed by atoms with Gasteiger partial charge in [-0.2, -0.15) is 5.26 Å². The fraction of sp³-hybridized carbons (Fsp3) is 0.500. The summed E-state index contributed by atoms with van der Waals surface area (Å²) in [5, 5.41) is 21.5. The van der Waals surface area contributed by atoms with E-state index in [1.54, 1.807) is 0 Å². The zero-order valence-corrected chi connectivity index (χ0v) is 10.7. The third-order valence-corrected chi connectivity index (χ3v) is 2.78. The normalized spacial score (nSPS) is 13.1. The first-order valence-corrected chi connectivity index (χ1v) is 5.89. The molecule has 0 saturated carbocycles. The molecule has 0 aliphatic heterocycles. The lowest BCUT2D eigenvalue weighted by Gasteiger charge is -2.27. The predicted molar refractivity (Wildman–Crippen MR) is 68.5 cm³/mol. The van der Waals surface area contributed by atoms with Gasteiger partial charge in [-0.3, -0.25) is 5.32 Å². The quantitative estimate of drug-likeness (QED) is 0.818. The second kappa shape index (κ2) is 5.81. The third-order valence-electron chi connectivity index (χ3n) is 2.78. The molecule has 1 rings (SSSR count). The minimum Gasteiger partial charge on any atom is -0.394 e. The number of rotatable bonds is 5. The Bertz CT molecular complexity index is 390. The molecule has 17 heavy (non-hydrogen) atoms.